The monoisotopic (exact) mass is 228 g/mol. The van der Waals surface area contributed by atoms with Crippen molar-refractivity contribution in [1.82, 2.24) is 10.2 Å². The summed E-state index contributed by atoms with van der Waals surface area (Å²) in [5.41, 5.74) is 5.32. The molecule has 0 atom stereocenters. The summed E-state index contributed by atoms with van der Waals surface area (Å²) in [6.07, 6.45) is 1.28. The molecular weight excluding hydrogens is 221 g/mol. The Kier molecular flexibility index (Phi) is 2.43. The lowest BCUT2D eigenvalue weighted by Gasteiger charge is -2.06. The smallest absolute Gasteiger partial charge is 0.182 e. The molecule has 0 aliphatic heterocycles. The Hall–Kier alpha value is -2.18. The number of rotatable bonds is 2. The lowest BCUT2D eigenvalue weighted by molar-refractivity contribution is 0.498. The first-order valence-corrected chi connectivity index (χ1v) is 4.28. The number of aromatic nitrogens is 2. The average Bonchev–Trinajstić information content (AvgIpc) is 2.60. The van der Waals surface area contributed by atoms with Crippen LogP contribution in [0.3, 0.4) is 0 Å². The predicted octanol–water partition coefficient (Wildman–Crippen LogP) is 2.15. The SMILES string of the molecule is Nc1[nH]ncc1Nc1cc(F)cc(F)c1F. The van der Waals surface area contributed by atoms with Crippen molar-refractivity contribution in [3.8, 4) is 0 Å². The van der Waals surface area contributed by atoms with Gasteiger partial charge in [0, 0.05) is 12.1 Å². The van der Waals surface area contributed by atoms with Gasteiger partial charge in [0.15, 0.2) is 11.6 Å². The standard InChI is InChI=1S/C9H7F3N4/c10-4-1-5(11)8(12)6(2-4)15-7-3-14-16-9(7)13/h1-3,15H,(H3,13,14,16). The lowest BCUT2D eigenvalue weighted by Crippen LogP contribution is -1.99. The number of anilines is 3. The quantitative estimate of drug-likeness (QED) is 0.690. The van der Waals surface area contributed by atoms with Crippen molar-refractivity contribution in [3.05, 3.63) is 35.8 Å². The molecule has 1 aromatic heterocycles. The van der Waals surface area contributed by atoms with E-state index < -0.39 is 17.5 Å². The van der Waals surface area contributed by atoms with Crippen molar-refractivity contribution in [2.75, 3.05) is 11.1 Å². The zero-order chi connectivity index (χ0) is 11.7. The highest BCUT2D eigenvalue weighted by Gasteiger charge is 2.12. The molecule has 0 fully saturated rings. The zero-order valence-electron chi connectivity index (χ0n) is 7.89. The Balaban J connectivity index is 2.38. The third kappa shape index (κ3) is 1.79. The van der Waals surface area contributed by atoms with E-state index >= 15 is 0 Å². The fraction of sp³-hybridized carbons (Fsp3) is 0. The number of nitrogen functional groups attached to an aromatic ring is 1. The van der Waals surface area contributed by atoms with Gasteiger partial charge in [0.1, 0.15) is 17.3 Å². The summed E-state index contributed by atoms with van der Waals surface area (Å²) in [6.45, 7) is 0. The molecule has 2 rings (SSSR count). The van der Waals surface area contributed by atoms with E-state index in [4.69, 9.17) is 5.73 Å². The highest BCUT2D eigenvalue weighted by atomic mass is 19.2. The predicted molar refractivity (Wildman–Crippen MR) is 52.6 cm³/mol. The van der Waals surface area contributed by atoms with Crippen molar-refractivity contribution in [3.63, 3.8) is 0 Å². The molecule has 84 valence electrons. The second-order valence-electron chi connectivity index (χ2n) is 3.07. The van der Waals surface area contributed by atoms with E-state index in [-0.39, 0.29) is 17.2 Å². The number of benzene rings is 1. The van der Waals surface area contributed by atoms with E-state index in [9.17, 15) is 13.2 Å². The summed E-state index contributed by atoms with van der Waals surface area (Å²) in [4.78, 5) is 0. The third-order valence-electron chi connectivity index (χ3n) is 1.93. The van der Waals surface area contributed by atoms with Gasteiger partial charge in [-0.3, -0.25) is 5.10 Å². The van der Waals surface area contributed by atoms with Crippen LogP contribution in [0.4, 0.5) is 30.4 Å². The minimum atomic E-state index is -1.27. The first-order valence-electron chi connectivity index (χ1n) is 4.28. The second kappa shape index (κ2) is 3.76. The summed E-state index contributed by atoms with van der Waals surface area (Å²) in [6, 6.07) is 1.28. The molecule has 1 heterocycles. The molecule has 0 aliphatic carbocycles. The van der Waals surface area contributed by atoms with Crippen LogP contribution in [0.2, 0.25) is 0 Å². The van der Waals surface area contributed by atoms with E-state index in [0.29, 0.717) is 6.07 Å². The number of hydrogen-bond donors (Lipinski definition) is 3. The lowest BCUT2D eigenvalue weighted by atomic mass is 10.2. The van der Waals surface area contributed by atoms with Crippen LogP contribution in [0, 0.1) is 17.5 Å². The van der Waals surface area contributed by atoms with Gasteiger partial charge in [-0.05, 0) is 0 Å². The van der Waals surface area contributed by atoms with Crippen molar-refractivity contribution >= 4 is 17.2 Å². The Morgan fingerprint density at radius 3 is 2.56 bits per heavy atom. The van der Waals surface area contributed by atoms with Gasteiger partial charge in [-0.25, -0.2) is 13.2 Å². The minimum absolute atomic E-state index is 0.143. The van der Waals surface area contributed by atoms with Crippen molar-refractivity contribution < 1.29 is 13.2 Å². The van der Waals surface area contributed by atoms with Crippen LogP contribution in [0.25, 0.3) is 0 Å². The fourth-order valence-corrected chi connectivity index (χ4v) is 1.19. The maximum Gasteiger partial charge on any atom is 0.182 e. The maximum absolute atomic E-state index is 13.2. The fourth-order valence-electron chi connectivity index (χ4n) is 1.19. The number of nitrogens with one attached hydrogen (secondary N) is 2. The average molecular weight is 228 g/mol. The van der Waals surface area contributed by atoms with E-state index in [1.54, 1.807) is 0 Å². The van der Waals surface area contributed by atoms with Crippen LogP contribution >= 0.6 is 0 Å². The summed E-state index contributed by atoms with van der Waals surface area (Å²) in [5.74, 6) is -3.20. The third-order valence-corrected chi connectivity index (χ3v) is 1.93. The van der Waals surface area contributed by atoms with E-state index in [1.807, 2.05) is 0 Å². The van der Waals surface area contributed by atoms with Crippen LogP contribution < -0.4 is 11.1 Å². The molecule has 0 bridgehead atoms. The summed E-state index contributed by atoms with van der Waals surface area (Å²) < 4.78 is 38.9. The summed E-state index contributed by atoms with van der Waals surface area (Å²) >= 11 is 0. The normalized spacial score (nSPS) is 10.4. The van der Waals surface area contributed by atoms with Crippen molar-refractivity contribution in [2.45, 2.75) is 0 Å². The maximum atomic E-state index is 13.2. The molecule has 0 unspecified atom stereocenters. The van der Waals surface area contributed by atoms with Crippen LogP contribution in [0.15, 0.2) is 18.3 Å². The van der Waals surface area contributed by atoms with E-state index in [1.165, 1.54) is 6.20 Å². The molecule has 1 aromatic carbocycles. The molecular formula is C9H7F3N4. The largest absolute Gasteiger partial charge is 0.382 e. The molecule has 16 heavy (non-hydrogen) atoms. The number of nitrogens with two attached hydrogens (primary N) is 1. The highest BCUT2D eigenvalue weighted by molar-refractivity contribution is 5.69. The van der Waals surface area contributed by atoms with Crippen LogP contribution in [-0.2, 0) is 0 Å². The topological polar surface area (TPSA) is 66.7 Å². The number of H-pyrrole nitrogens is 1. The van der Waals surface area contributed by atoms with Gasteiger partial charge >= 0.3 is 0 Å². The Morgan fingerprint density at radius 1 is 1.19 bits per heavy atom. The van der Waals surface area contributed by atoms with Crippen LogP contribution in [0.1, 0.15) is 0 Å². The first-order chi connectivity index (χ1) is 7.58. The number of aromatic amines is 1. The van der Waals surface area contributed by atoms with Crippen molar-refractivity contribution in [2.24, 2.45) is 0 Å². The molecule has 0 saturated heterocycles. The Morgan fingerprint density at radius 2 is 1.94 bits per heavy atom. The summed E-state index contributed by atoms with van der Waals surface area (Å²) in [7, 11) is 0. The molecule has 0 radical (unpaired) electrons. The highest BCUT2D eigenvalue weighted by Crippen LogP contribution is 2.25. The molecule has 4 N–H and O–H groups in total. The van der Waals surface area contributed by atoms with Gasteiger partial charge in [0.05, 0.1) is 11.9 Å². The molecule has 0 saturated carbocycles. The number of nitrogens with zero attached hydrogens (tertiary/aromatic N) is 1. The molecule has 0 aliphatic rings. The zero-order valence-corrected chi connectivity index (χ0v) is 7.89. The molecule has 0 spiro atoms. The van der Waals surface area contributed by atoms with Gasteiger partial charge in [-0.15, -0.1) is 0 Å². The minimum Gasteiger partial charge on any atom is -0.382 e. The van der Waals surface area contributed by atoms with E-state index in [2.05, 4.69) is 15.5 Å². The first kappa shape index (κ1) is 10.3. The van der Waals surface area contributed by atoms with Crippen molar-refractivity contribution in [1.29, 1.82) is 0 Å². The molecule has 2 aromatic rings. The number of halogens is 3. The number of hydrogen-bond acceptors (Lipinski definition) is 3. The molecule has 7 heteroatoms. The Labute approximate surface area is 88.3 Å². The molecule has 4 nitrogen and oxygen atoms in total. The van der Waals surface area contributed by atoms with Crippen LogP contribution in [-0.4, -0.2) is 10.2 Å². The van der Waals surface area contributed by atoms with E-state index in [0.717, 1.165) is 6.07 Å². The van der Waals surface area contributed by atoms with Gasteiger partial charge in [0.2, 0.25) is 0 Å². The Bertz CT molecular complexity index is 523. The van der Waals surface area contributed by atoms with Crippen LogP contribution in [0.5, 0.6) is 0 Å². The molecule has 0 amide bonds. The van der Waals surface area contributed by atoms with Gasteiger partial charge in [-0.1, -0.05) is 0 Å². The van der Waals surface area contributed by atoms with Gasteiger partial charge < -0.3 is 11.1 Å². The second-order valence-corrected chi connectivity index (χ2v) is 3.07. The summed E-state index contributed by atoms with van der Waals surface area (Å²) in [5, 5.41) is 8.39. The van der Waals surface area contributed by atoms with Gasteiger partial charge in [-0.2, -0.15) is 5.10 Å². The van der Waals surface area contributed by atoms with Gasteiger partial charge in [0.25, 0.3) is 0 Å².